The molecule has 1 aliphatic carbocycles. The van der Waals surface area contributed by atoms with Gasteiger partial charge in [0.05, 0.1) is 6.54 Å². The number of nitrogens with two attached hydrogens (primary N) is 1. The van der Waals surface area contributed by atoms with Gasteiger partial charge in [0, 0.05) is 19.5 Å². The van der Waals surface area contributed by atoms with Gasteiger partial charge < -0.3 is 10.3 Å². The molecular formula is C10H18N4O. The van der Waals surface area contributed by atoms with E-state index >= 15 is 0 Å². The molecule has 1 heterocycles. The molecule has 0 bridgehead atoms. The average molecular weight is 210 g/mol. The quantitative estimate of drug-likeness (QED) is 0.768. The Balaban J connectivity index is 1.92. The number of rotatable bonds is 5. The molecule has 0 spiro atoms. The Labute approximate surface area is 89.6 Å². The first-order valence-corrected chi connectivity index (χ1v) is 5.40. The van der Waals surface area contributed by atoms with Crippen molar-refractivity contribution in [1.82, 2.24) is 15.0 Å². The van der Waals surface area contributed by atoms with Crippen molar-refractivity contribution in [3.8, 4) is 0 Å². The van der Waals surface area contributed by atoms with Crippen molar-refractivity contribution in [2.24, 2.45) is 11.7 Å². The molecule has 0 radical (unpaired) electrons. The zero-order valence-electron chi connectivity index (χ0n) is 9.31. The fourth-order valence-electron chi connectivity index (χ4n) is 1.96. The van der Waals surface area contributed by atoms with E-state index in [1.807, 2.05) is 0 Å². The smallest absolute Gasteiger partial charge is 0.223 e. The highest BCUT2D eigenvalue weighted by atomic mass is 16.5. The highest BCUT2D eigenvalue weighted by Crippen LogP contribution is 2.34. The molecule has 5 nitrogen and oxygen atoms in total. The monoisotopic (exact) mass is 210 g/mol. The summed E-state index contributed by atoms with van der Waals surface area (Å²) in [6, 6.07) is 0.462. The van der Waals surface area contributed by atoms with Crippen LogP contribution < -0.4 is 5.73 Å². The first-order chi connectivity index (χ1) is 7.20. The van der Waals surface area contributed by atoms with Gasteiger partial charge >= 0.3 is 0 Å². The van der Waals surface area contributed by atoms with Crippen molar-refractivity contribution < 1.29 is 4.52 Å². The molecule has 2 rings (SSSR count). The lowest BCUT2D eigenvalue weighted by Gasteiger charge is -2.25. The summed E-state index contributed by atoms with van der Waals surface area (Å²) >= 11 is 0. The van der Waals surface area contributed by atoms with Gasteiger partial charge in [-0.1, -0.05) is 5.16 Å². The average Bonchev–Trinajstić information content (AvgIpc) is 2.93. The normalized spacial score (nSPS) is 18.4. The summed E-state index contributed by atoms with van der Waals surface area (Å²) in [7, 11) is 2.07. The van der Waals surface area contributed by atoms with Gasteiger partial charge in [0.15, 0.2) is 5.82 Å². The molecule has 5 heteroatoms. The predicted octanol–water partition coefficient (Wildman–Crippen LogP) is 0.547. The van der Waals surface area contributed by atoms with Gasteiger partial charge in [0.2, 0.25) is 5.89 Å². The Morgan fingerprint density at radius 3 is 2.80 bits per heavy atom. The van der Waals surface area contributed by atoms with Crippen LogP contribution in [0.25, 0.3) is 0 Å². The molecule has 1 aromatic rings. The van der Waals surface area contributed by atoms with Crippen molar-refractivity contribution >= 4 is 0 Å². The van der Waals surface area contributed by atoms with Crippen molar-refractivity contribution in [2.45, 2.75) is 32.4 Å². The molecule has 1 saturated carbocycles. The van der Waals surface area contributed by atoms with Gasteiger partial charge in [-0.15, -0.1) is 0 Å². The van der Waals surface area contributed by atoms with Crippen LogP contribution in [-0.4, -0.2) is 34.7 Å². The lowest BCUT2D eigenvalue weighted by atomic mass is 10.1. The van der Waals surface area contributed by atoms with Crippen molar-refractivity contribution in [2.75, 3.05) is 13.6 Å². The van der Waals surface area contributed by atoms with Crippen LogP contribution in [0.5, 0.6) is 0 Å². The van der Waals surface area contributed by atoms with Crippen LogP contribution in [0, 0.1) is 12.8 Å². The van der Waals surface area contributed by atoms with E-state index in [0.717, 1.165) is 18.3 Å². The second kappa shape index (κ2) is 4.28. The number of likely N-dealkylation sites (N-methyl/N-ethyl adjacent to an activating group) is 1. The van der Waals surface area contributed by atoms with Gasteiger partial charge in [0.1, 0.15) is 0 Å². The maximum absolute atomic E-state index is 5.77. The van der Waals surface area contributed by atoms with Gasteiger partial charge in [-0.05, 0) is 25.8 Å². The summed E-state index contributed by atoms with van der Waals surface area (Å²) in [5.41, 5.74) is 5.77. The standard InChI is InChI=1S/C10H18N4O/c1-7-12-10(13-15-7)6-14(2)9(5-11)8-3-4-8/h8-9H,3-6,11H2,1-2H3. The Morgan fingerprint density at radius 2 is 2.33 bits per heavy atom. The Kier molecular flexibility index (Phi) is 3.02. The fourth-order valence-corrected chi connectivity index (χ4v) is 1.96. The molecule has 0 aromatic carbocycles. The van der Waals surface area contributed by atoms with E-state index in [0.29, 0.717) is 18.5 Å². The van der Waals surface area contributed by atoms with Gasteiger partial charge in [-0.3, -0.25) is 4.90 Å². The van der Waals surface area contributed by atoms with Gasteiger partial charge in [-0.25, -0.2) is 0 Å². The maximum Gasteiger partial charge on any atom is 0.223 e. The van der Waals surface area contributed by atoms with Crippen LogP contribution in [0.1, 0.15) is 24.6 Å². The SMILES string of the molecule is Cc1nc(CN(C)C(CN)C2CC2)no1. The lowest BCUT2D eigenvalue weighted by molar-refractivity contribution is 0.208. The van der Waals surface area contributed by atoms with Gasteiger partial charge in [0.25, 0.3) is 0 Å². The zero-order valence-corrected chi connectivity index (χ0v) is 9.31. The van der Waals surface area contributed by atoms with Crippen LogP contribution in [0.4, 0.5) is 0 Å². The molecule has 0 saturated heterocycles. The summed E-state index contributed by atoms with van der Waals surface area (Å²) < 4.78 is 4.94. The van der Waals surface area contributed by atoms with E-state index in [-0.39, 0.29) is 0 Å². The molecule has 1 aromatic heterocycles. The Hall–Kier alpha value is -0.940. The van der Waals surface area contributed by atoms with Crippen LogP contribution in [0.15, 0.2) is 4.52 Å². The first kappa shape index (κ1) is 10.6. The van der Waals surface area contributed by atoms with Crippen molar-refractivity contribution in [3.63, 3.8) is 0 Å². The number of nitrogens with zero attached hydrogens (tertiary/aromatic N) is 3. The Bertz CT molecular complexity index is 321. The minimum Gasteiger partial charge on any atom is -0.340 e. The topological polar surface area (TPSA) is 68.2 Å². The maximum atomic E-state index is 5.77. The molecule has 1 atom stereocenters. The van der Waals surface area contributed by atoms with Crippen molar-refractivity contribution in [1.29, 1.82) is 0 Å². The molecule has 1 unspecified atom stereocenters. The number of hydrogen-bond donors (Lipinski definition) is 1. The Morgan fingerprint density at radius 1 is 1.60 bits per heavy atom. The largest absolute Gasteiger partial charge is 0.340 e. The van der Waals surface area contributed by atoms with E-state index in [1.54, 1.807) is 6.92 Å². The summed E-state index contributed by atoms with van der Waals surface area (Å²) in [5.74, 6) is 2.14. The molecule has 2 N–H and O–H groups in total. The first-order valence-electron chi connectivity index (χ1n) is 5.40. The number of hydrogen-bond acceptors (Lipinski definition) is 5. The van der Waals surface area contributed by atoms with Crippen LogP contribution in [-0.2, 0) is 6.54 Å². The van der Waals surface area contributed by atoms with E-state index < -0.39 is 0 Å². The fraction of sp³-hybridized carbons (Fsp3) is 0.800. The molecule has 15 heavy (non-hydrogen) atoms. The van der Waals surface area contributed by atoms with Crippen LogP contribution in [0.2, 0.25) is 0 Å². The third-order valence-corrected chi connectivity index (χ3v) is 2.93. The molecule has 1 fully saturated rings. The third kappa shape index (κ3) is 2.54. The summed E-state index contributed by atoms with van der Waals surface area (Å²) in [6.07, 6.45) is 2.61. The molecule has 0 amide bonds. The third-order valence-electron chi connectivity index (χ3n) is 2.93. The van der Waals surface area contributed by atoms with E-state index in [1.165, 1.54) is 12.8 Å². The van der Waals surface area contributed by atoms with Crippen LogP contribution in [0.3, 0.4) is 0 Å². The predicted molar refractivity (Wildman–Crippen MR) is 56.1 cm³/mol. The van der Waals surface area contributed by atoms with E-state index in [2.05, 4.69) is 22.1 Å². The van der Waals surface area contributed by atoms with Gasteiger partial charge in [-0.2, -0.15) is 4.98 Å². The van der Waals surface area contributed by atoms with E-state index in [4.69, 9.17) is 10.3 Å². The highest BCUT2D eigenvalue weighted by molar-refractivity contribution is 4.91. The second-order valence-electron chi connectivity index (χ2n) is 4.29. The molecular weight excluding hydrogens is 192 g/mol. The van der Waals surface area contributed by atoms with Crippen molar-refractivity contribution in [3.05, 3.63) is 11.7 Å². The molecule has 84 valence electrons. The van der Waals surface area contributed by atoms with Crippen LogP contribution >= 0.6 is 0 Å². The zero-order chi connectivity index (χ0) is 10.8. The molecule has 0 aliphatic heterocycles. The molecule has 1 aliphatic rings. The summed E-state index contributed by atoms with van der Waals surface area (Å²) in [6.45, 7) is 3.23. The number of aryl methyl sites for hydroxylation is 1. The highest BCUT2D eigenvalue weighted by Gasteiger charge is 2.33. The number of aromatic nitrogens is 2. The lowest BCUT2D eigenvalue weighted by Crippen LogP contribution is -2.39. The van der Waals surface area contributed by atoms with E-state index in [9.17, 15) is 0 Å². The summed E-state index contributed by atoms with van der Waals surface area (Å²) in [4.78, 5) is 6.41. The minimum atomic E-state index is 0.462. The minimum absolute atomic E-state index is 0.462. The second-order valence-corrected chi connectivity index (χ2v) is 4.29. The summed E-state index contributed by atoms with van der Waals surface area (Å²) in [5, 5.41) is 3.88.